The third-order valence-electron chi connectivity index (χ3n) is 2.88. The van der Waals surface area contributed by atoms with Crippen LogP contribution < -0.4 is 5.32 Å². The Morgan fingerprint density at radius 3 is 2.84 bits per heavy atom. The Morgan fingerprint density at radius 2 is 2.26 bits per heavy atom. The third-order valence-corrected chi connectivity index (χ3v) is 3.74. The number of anilines is 1. The molecular weight excluding hydrogens is 264 g/mol. The summed E-state index contributed by atoms with van der Waals surface area (Å²) in [6.45, 7) is 4.11. The molecule has 0 saturated heterocycles. The fraction of sp³-hybridized carbons (Fsp3) is 0.417. The molecule has 2 heterocycles. The quantitative estimate of drug-likeness (QED) is 0.928. The molecule has 2 aromatic rings. The normalized spacial score (nSPS) is 10.7. The Labute approximate surface area is 115 Å². The van der Waals surface area contributed by atoms with Gasteiger partial charge in [-0.2, -0.15) is 5.10 Å². The van der Waals surface area contributed by atoms with Crippen molar-refractivity contribution in [2.24, 2.45) is 7.05 Å². The van der Waals surface area contributed by atoms with Gasteiger partial charge in [-0.25, -0.2) is 4.98 Å². The van der Waals surface area contributed by atoms with Gasteiger partial charge < -0.3 is 10.1 Å². The van der Waals surface area contributed by atoms with Gasteiger partial charge in [0.15, 0.2) is 0 Å². The van der Waals surface area contributed by atoms with E-state index >= 15 is 0 Å². The molecule has 1 N–H and O–H groups in total. The van der Waals surface area contributed by atoms with Crippen LogP contribution in [0.3, 0.4) is 0 Å². The summed E-state index contributed by atoms with van der Waals surface area (Å²) in [6.07, 6.45) is 0. The maximum absolute atomic E-state index is 12.3. The minimum Gasteiger partial charge on any atom is -0.378 e. The third kappa shape index (κ3) is 2.66. The number of nitrogens with zero attached hydrogens (tertiary/aromatic N) is 3. The van der Waals surface area contributed by atoms with Crippen molar-refractivity contribution in [3.63, 3.8) is 0 Å². The lowest BCUT2D eigenvalue weighted by Gasteiger charge is -2.05. The number of carbonyl (C=O) groups excluding carboxylic acids is 1. The molecule has 0 aliphatic rings. The van der Waals surface area contributed by atoms with E-state index in [1.807, 2.05) is 20.9 Å². The largest absolute Gasteiger partial charge is 0.378 e. The van der Waals surface area contributed by atoms with E-state index < -0.39 is 0 Å². The molecule has 0 bridgehead atoms. The van der Waals surface area contributed by atoms with Gasteiger partial charge in [0, 0.05) is 14.2 Å². The number of thiazole rings is 1. The number of hydrogen-bond donors (Lipinski definition) is 1. The zero-order chi connectivity index (χ0) is 14.0. The van der Waals surface area contributed by atoms with Crippen LogP contribution in [0.5, 0.6) is 0 Å². The van der Waals surface area contributed by atoms with Crippen molar-refractivity contribution >= 4 is 22.9 Å². The number of ether oxygens (including phenoxy) is 1. The number of aryl methyl sites for hydroxylation is 2. The predicted molar refractivity (Wildman–Crippen MR) is 73.5 cm³/mol. The molecule has 7 heteroatoms. The lowest BCUT2D eigenvalue weighted by atomic mass is 10.3. The van der Waals surface area contributed by atoms with E-state index in [1.54, 1.807) is 17.3 Å². The summed E-state index contributed by atoms with van der Waals surface area (Å²) < 4.78 is 6.77. The number of carbonyl (C=O) groups is 1. The molecule has 102 valence electrons. The number of hydrogen-bond acceptors (Lipinski definition) is 5. The van der Waals surface area contributed by atoms with Crippen LogP contribution in [0.4, 0.5) is 5.69 Å². The van der Waals surface area contributed by atoms with E-state index in [9.17, 15) is 4.79 Å². The van der Waals surface area contributed by atoms with Gasteiger partial charge in [0.1, 0.15) is 4.88 Å². The second kappa shape index (κ2) is 5.50. The molecule has 0 aliphatic carbocycles. The maximum atomic E-state index is 12.3. The number of methoxy groups -OCH3 is 1. The molecule has 0 saturated carbocycles. The van der Waals surface area contributed by atoms with Crippen molar-refractivity contribution in [3.8, 4) is 0 Å². The van der Waals surface area contributed by atoms with Crippen LogP contribution in [0, 0.1) is 13.8 Å². The van der Waals surface area contributed by atoms with Crippen LogP contribution in [0.25, 0.3) is 0 Å². The second-order valence-electron chi connectivity index (χ2n) is 4.18. The van der Waals surface area contributed by atoms with Gasteiger partial charge in [-0.3, -0.25) is 9.48 Å². The fourth-order valence-electron chi connectivity index (χ4n) is 1.82. The zero-order valence-electron chi connectivity index (χ0n) is 11.4. The number of rotatable bonds is 4. The summed E-state index contributed by atoms with van der Waals surface area (Å²) in [5.41, 5.74) is 4.77. The molecule has 0 radical (unpaired) electrons. The van der Waals surface area contributed by atoms with Crippen LogP contribution >= 0.6 is 11.3 Å². The van der Waals surface area contributed by atoms with Crippen molar-refractivity contribution in [2.75, 3.05) is 12.4 Å². The van der Waals surface area contributed by atoms with Gasteiger partial charge in [-0.15, -0.1) is 11.3 Å². The summed E-state index contributed by atoms with van der Waals surface area (Å²) in [5.74, 6) is -0.172. The summed E-state index contributed by atoms with van der Waals surface area (Å²) in [6, 6.07) is 0. The summed E-state index contributed by atoms with van der Waals surface area (Å²) >= 11 is 1.31. The first-order chi connectivity index (χ1) is 9.04. The molecule has 6 nitrogen and oxygen atoms in total. The Morgan fingerprint density at radius 1 is 1.53 bits per heavy atom. The highest BCUT2D eigenvalue weighted by Gasteiger charge is 2.18. The highest BCUT2D eigenvalue weighted by Crippen LogP contribution is 2.21. The van der Waals surface area contributed by atoms with Gasteiger partial charge in [0.2, 0.25) is 0 Å². The van der Waals surface area contributed by atoms with Crippen molar-refractivity contribution < 1.29 is 9.53 Å². The van der Waals surface area contributed by atoms with Gasteiger partial charge in [-0.1, -0.05) is 0 Å². The summed E-state index contributed by atoms with van der Waals surface area (Å²) in [5, 5.41) is 7.16. The SMILES string of the molecule is COCc1ncsc1C(=O)Nc1c(C)nn(C)c1C. The second-order valence-corrected chi connectivity index (χ2v) is 5.04. The lowest BCUT2D eigenvalue weighted by molar-refractivity contribution is 0.102. The Hall–Kier alpha value is -1.73. The van der Waals surface area contributed by atoms with Crippen molar-refractivity contribution in [3.05, 3.63) is 27.5 Å². The van der Waals surface area contributed by atoms with E-state index in [0.717, 1.165) is 17.1 Å². The monoisotopic (exact) mass is 280 g/mol. The number of nitrogens with one attached hydrogen (secondary N) is 1. The zero-order valence-corrected chi connectivity index (χ0v) is 12.2. The van der Waals surface area contributed by atoms with Crippen LogP contribution in [0.2, 0.25) is 0 Å². The maximum Gasteiger partial charge on any atom is 0.267 e. The topological polar surface area (TPSA) is 69.0 Å². The molecule has 0 aliphatic heterocycles. The Balaban J connectivity index is 2.23. The van der Waals surface area contributed by atoms with E-state index in [4.69, 9.17) is 4.74 Å². The van der Waals surface area contributed by atoms with E-state index in [-0.39, 0.29) is 5.91 Å². The van der Waals surface area contributed by atoms with Crippen LogP contribution in [0.1, 0.15) is 26.8 Å². The van der Waals surface area contributed by atoms with Gasteiger partial charge in [0.25, 0.3) is 5.91 Å². The molecule has 2 aromatic heterocycles. The van der Waals surface area contributed by atoms with Crippen LogP contribution in [-0.4, -0.2) is 27.8 Å². The molecule has 0 aromatic carbocycles. The minimum atomic E-state index is -0.172. The smallest absolute Gasteiger partial charge is 0.267 e. The van der Waals surface area contributed by atoms with Crippen LogP contribution in [-0.2, 0) is 18.4 Å². The molecule has 0 unspecified atom stereocenters. The molecule has 19 heavy (non-hydrogen) atoms. The van der Waals surface area contributed by atoms with Crippen LogP contribution in [0.15, 0.2) is 5.51 Å². The average Bonchev–Trinajstić information content (AvgIpc) is 2.91. The lowest BCUT2D eigenvalue weighted by Crippen LogP contribution is -2.14. The van der Waals surface area contributed by atoms with Crippen molar-refractivity contribution in [1.29, 1.82) is 0 Å². The first-order valence-electron chi connectivity index (χ1n) is 5.77. The minimum absolute atomic E-state index is 0.172. The summed E-state index contributed by atoms with van der Waals surface area (Å²) in [4.78, 5) is 17.0. The van der Waals surface area contributed by atoms with Crippen molar-refractivity contribution in [1.82, 2.24) is 14.8 Å². The number of amides is 1. The first-order valence-corrected chi connectivity index (χ1v) is 6.65. The fourth-order valence-corrected chi connectivity index (χ4v) is 2.51. The van der Waals surface area contributed by atoms with E-state index in [2.05, 4.69) is 15.4 Å². The summed E-state index contributed by atoms with van der Waals surface area (Å²) in [7, 11) is 3.43. The standard InChI is InChI=1S/C12H16N4O2S/c1-7-10(8(2)16(3)15-7)14-12(17)11-9(5-18-4)13-6-19-11/h6H,5H2,1-4H3,(H,14,17). The highest BCUT2D eigenvalue weighted by atomic mass is 32.1. The highest BCUT2D eigenvalue weighted by molar-refractivity contribution is 7.12. The van der Waals surface area contributed by atoms with Gasteiger partial charge >= 0.3 is 0 Å². The van der Waals surface area contributed by atoms with Gasteiger partial charge in [-0.05, 0) is 13.8 Å². The van der Waals surface area contributed by atoms with E-state index in [0.29, 0.717) is 17.2 Å². The molecule has 1 amide bonds. The van der Waals surface area contributed by atoms with Gasteiger partial charge in [0.05, 0.1) is 34.9 Å². The molecular formula is C12H16N4O2S. The Bertz CT molecular complexity index is 603. The molecule has 0 fully saturated rings. The molecule has 0 spiro atoms. The van der Waals surface area contributed by atoms with E-state index in [1.165, 1.54) is 11.3 Å². The Kier molecular flexibility index (Phi) is 3.96. The molecule has 2 rings (SSSR count). The number of aromatic nitrogens is 3. The average molecular weight is 280 g/mol. The first kappa shape index (κ1) is 13.7. The van der Waals surface area contributed by atoms with Crippen molar-refractivity contribution in [2.45, 2.75) is 20.5 Å². The predicted octanol–water partition coefficient (Wildman–Crippen LogP) is 1.89. The molecule has 0 atom stereocenters.